The highest BCUT2D eigenvalue weighted by Gasteiger charge is 2.35. The fourth-order valence-electron chi connectivity index (χ4n) is 3.16. The third-order valence-electron chi connectivity index (χ3n) is 4.74. The summed E-state index contributed by atoms with van der Waals surface area (Å²) in [6, 6.07) is 12.1. The van der Waals surface area contributed by atoms with Gasteiger partial charge < -0.3 is 10.2 Å². The van der Waals surface area contributed by atoms with E-state index in [1.807, 2.05) is 0 Å². The van der Waals surface area contributed by atoms with E-state index in [1.165, 1.54) is 36.2 Å². The Hall–Kier alpha value is -3.82. The number of tetrazole rings is 1. The molecule has 1 saturated heterocycles. The minimum absolute atomic E-state index is 0.0797. The summed E-state index contributed by atoms with van der Waals surface area (Å²) in [7, 11) is 1.50. The van der Waals surface area contributed by atoms with Crippen LogP contribution in [0.5, 0.6) is 0 Å². The second-order valence-electron chi connectivity index (χ2n) is 6.71. The summed E-state index contributed by atoms with van der Waals surface area (Å²) in [6.07, 6.45) is 0.0797. The van der Waals surface area contributed by atoms with Gasteiger partial charge in [-0.15, -0.1) is 0 Å². The van der Waals surface area contributed by atoms with Gasteiger partial charge in [0, 0.05) is 31.4 Å². The topological polar surface area (TPSA) is 102 Å². The molecule has 2 aromatic carbocycles. The van der Waals surface area contributed by atoms with Crippen LogP contribution >= 0.6 is 0 Å². The SMILES string of the molecule is Cn1nnn(-c2ccc(NC(=O)[C@H]3CC(=O)N(c4ccc(F)cc4)C3)cc2)c1=O. The number of hydrogen-bond donors (Lipinski definition) is 1. The molecule has 3 aromatic rings. The van der Waals surface area contributed by atoms with E-state index in [-0.39, 0.29) is 36.3 Å². The smallest absolute Gasteiger partial charge is 0.326 e. The number of nitrogens with zero attached hydrogens (tertiary/aromatic N) is 5. The van der Waals surface area contributed by atoms with E-state index in [4.69, 9.17) is 0 Å². The summed E-state index contributed by atoms with van der Waals surface area (Å²) in [6.45, 7) is 0.226. The number of rotatable bonds is 4. The van der Waals surface area contributed by atoms with E-state index in [1.54, 1.807) is 24.3 Å². The molecule has 148 valence electrons. The van der Waals surface area contributed by atoms with E-state index in [9.17, 15) is 18.8 Å². The Kier molecular flexibility index (Phi) is 4.67. The lowest BCUT2D eigenvalue weighted by molar-refractivity contribution is -0.122. The van der Waals surface area contributed by atoms with Gasteiger partial charge in [-0.3, -0.25) is 9.59 Å². The average molecular weight is 396 g/mol. The Balaban J connectivity index is 1.43. The van der Waals surface area contributed by atoms with Crippen LogP contribution < -0.4 is 15.9 Å². The molecule has 1 N–H and O–H groups in total. The third-order valence-corrected chi connectivity index (χ3v) is 4.74. The predicted molar refractivity (Wildman–Crippen MR) is 102 cm³/mol. The number of amides is 2. The van der Waals surface area contributed by atoms with Gasteiger partial charge in [-0.05, 0) is 59.0 Å². The van der Waals surface area contributed by atoms with Crippen molar-refractivity contribution in [3.8, 4) is 5.69 Å². The van der Waals surface area contributed by atoms with Crippen LogP contribution in [0, 0.1) is 11.7 Å². The number of carbonyl (C=O) groups excluding carboxylic acids is 2. The number of aromatic nitrogens is 4. The maximum atomic E-state index is 13.1. The fraction of sp³-hybridized carbons (Fsp3) is 0.211. The molecule has 0 bridgehead atoms. The van der Waals surface area contributed by atoms with Gasteiger partial charge in [-0.1, -0.05) is 0 Å². The average Bonchev–Trinajstić information content (AvgIpc) is 3.26. The molecule has 29 heavy (non-hydrogen) atoms. The van der Waals surface area contributed by atoms with Crippen molar-refractivity contribution in [1.29, 1.82) is 0 Å². The van der Waals surface area contributed by atoms with Crippen LogP contribution in [0.15, 0.2) is 53.3 Å². The normalized spacial score (nSPS) is 16.3. The van der Waals surface area contributed by atoms with Gasteiger partial charge in [-0.2, -0.15) is 9.36 Å². The highest BCUT2D eigenvalue weighted by Crippen LogP contribution is 2.26. The zero-order valence-electron chi connectivity index (χ0n) is 15.4. The first-order chi connectivity index (χ1) is 13.9. The van der Waals surface area contributed by atoms with Crippen molar-refractivity contribution in [2.45, 2.75) is 6.42 Å². The molecule has 1 aromatic heterocycles. The molecule has 1 aliphatic rings. The molecular formula is C19H17FN6O3. The number of halogens is 1. The van der Waals surface area contributed by atoms with Crippen LogP contribution in [0.1, 0.15) is 6.42 Å². The summed E-state index contributed by atoms with van der Waals surface area (Å²) in [5.41, 5.74) is 1.22. The van der Waals surface area contributed by atoms with Crippen LogP contribution in [-0.2, 0) is 16.6 Å². The third kappa shape index (κ3) is 3.64. The van der Waals surface area contributed by atoms with E-state index >= 15 is 0 Å². The first kappa shape index (κ1) is 18.5. The lowest BCUT2D eigenvalue weighted by atomic mass is 10.1. The number of carbonyl (C=O) groups is 2. The number of hydrogen-bond acceptors (Lipinski definition) is 5. The summed E-state index contributed by atoms with van der Waals surface area (Å²) in [5, 5.41) is 10.2. The second kappa shape index (κ2) is 7.30. The second-order valence-corrected chi connectivity index (χ2v) is 6.71. The van der Waals surface area contributed by atoms with Gasteiger partial charge >= 0.3 is 5.69 Å². The van der Waals surface area contributed by atoms with Crippen LogP contribution in [-0.4, -0.2) is 38.1 Å². The molecule has 0 spiro atoms. The molecule has 0 radical (unpaired) electrons. The number of nitrogens with one attached hydrogen (secondary N) is 1. The molecule has 4 rings (SSSR count). The van der Waals surface area contributed by atoms with Gasteiger partial charge in [0.25, 0.3) is 0 Å². The molecule has 1 fully saturated rings. The van der Waals surface area contributed by atoms with Crippen molar-refractivity contribution in [2.24, 2.45) is 13.0 Å². The van der Waals surface area contributed by atoms with Crippen LogP contribution in [0.25, 0.3) is 5.69 Å². The van der Waals surface area contributed by atoms with Crippen LogP contribution in [0.4, 0.5) is 15.8 Å². The van der Waals surface area contributed by atoms with Crippen LogP contribution in [0.3, 0.4) is 0 Å². The van der Waals surface area contributed by atoms with E-state index < -0.39 is 5.92 Å². The maximum absolute atomic E-state index is 13.1. The summed E-state index contributed by atoms with van der Waals surface area (Å²) in [4.78, 5) is 38.2. The highest BCUT2D eigenvalue weighted by molar-refractivity contribution is 6.03. The van der Waals surface area contributed by atoms with Crippen molar-refractivity contribution >= 4 is 23.2 Å². The Morgan fingerprint density at radius 1 is 1.03 bits per heavy atom. The summed E-state index contributed by atoms with van der Waals surface area (Å²) < 4.78 is 15.3. The van der Waals surface area contributed by atoms with E-state index in [0.29, 0.717) is 17.1 Å². The standard InChI is InChI=1S/C19H17FN6O3/c1-24-19(29)26(23-22-24)16-8-4-14(5-9-16)21-18(28)12-10-17(27)25(11-12)15-6-2-13(20)3-7-15/h2-9,12H,10-11H2,1H3,(H,21,28)/t12-/m0/s1. The molecule has 0 aliphatic carbocycles. The van der Waals surface area contributed by atoms with Crippen molar-refractivity contribution in [1.82, 2.24) is 19.8 Å². The highest BCUT2D eigenvalue weighted by atomic mass is 19.1. The molecule has 1 aliphatic heterocycles. The quantitative estimate of drug-likeness (QED) is 0.712. The Labute approximate surface area is 164 Å². The fourth-order valence-corrected chi connectivity index (χ4v) is 3.16. The first-order valence-corrected chi connectivity index (χ1v) is 8.88. The first-order valence-electron chi connectivity index (χ1n) is 8.88. The van der Waals surface area contributed by atoms with Crippen molar-refractivity contribution < 1.29 is 14.0 Å². The zero-order chi connectivity index (χ0) is 20.5. The van der Waals surface area contributed by atoms with Crippen molar-refractivity contribution in [3.05, 3.63) is 64.8 Å². The Morgan fingerprint density at radius 3 is 2.31 bits per heavy atom. The van der Waals surface area contributed by atoms with E-state index in [0.717, 1.165) is 9.36 Å². The van der Waals surface area contributed by atoms with Gasteiger partial charge in [0.15, 0.2) is 0 Å². The molecule has 0 saturated carbocycles. The van der Waals surface area contributed by atoms with Crippen molar-refractivity contribution in [2.75, 3.05) is 16.8 Å². The van der Waals surface area contributed by atoms with Gasteiger partial charge in [0.05, 0.1) is 11.6 Å². The lowest BCUT2D eigenvalue weighted by Gasteiger charge is -2.16. The molecule has 0 unspecified atom stereocenters. The monoisotopic (exact) mass is 396 g/mol. The lowest BCUT2D eigenvalue weighted by Crippen LogP contribution is -2.28. The van der Waals surface area contributed by atoms with Gasteiger partial charge in [-0.25, -0.2) is 9.18 Å². The Bertz CT molecular complexity index is 1120. The minimum Gasteiger partial charge on any atom is -0.326 e. The van der Waals surface area contributed by atoms with Gasteiger partial charge in [0.1, 0.15) is 5.82 Å². The summed E-state index contributed by atoms with van der Waals surface area (Å²) >= 11 is 0. The van der Waals surface area contributed by atoms with Crippen LogP contribution in [0.2, 0.25) is 0 Å². The minimum atomic E-state index is -0.519. The molecular weight excluding hydrogens is 379 g/mol. The summed E-state index contributed by atoms with van der Waals surface area (Å²) in [5.74, 6) is -1.38. The Morgan fingerprint density at radius 2 is 1.69 bits per heavy atom. The predicted octanol–water partition coefficient (Wildman–Crippen LogP) is 1.10. The molecule has 2 amide bonds. The molecule has 2 heterocycles. The molecule has 10 heteroatoms. The molecule has 1 atom stereocenters. The number of aryl methyl sites for hydroxylation is 1. The maximum Gasteiger partial charge on any atom is 0.368 e. The zero-order valence-corrected chi connectivity index (χ0v) is 15.4. The molecule has 9 nitrogen and oxygen atoms in total. The van der Waals surface area contributed by atoms with Crippen molar-refractivity contribution in [3.63, 3.8) is 0 Å². The van der Waals surface area contributed by atoms with Gasteiger partial charge in [0.2, 0.25) is 11.8 Å². The van der Waals surface area contributed by atoms with E-state index in [2.05, 4.69) is 15.7 Å². The number of anilines is 2. The number of benzene rings is 2. The largest absolute Gasteiger partial charge is 0.368 e.